The number of amides is 1. The first-order chi connectivity index (χ1) is 13.5. The predicted octanol–water partition coefficient (Wildman–Crippen LogP) is 3.62. The number of thiazole rings is 1. The van der Waals surface area contributed by atoms with E-state index in [9.17, 15) is 13.6 Å². The lowest BCUT2D eigenvalue weighted by Crippen LogP contribution is -2.13. The Bertz CT molecular complexity index is 1170. The molecular formula is C18H12F2N6OS. The third-order valence-electron chi connectivity index (χ3n) is 3.90. The number of rotatable bonds is 4. The number of anilines is 1. The van der Waals surface area contributed by atoms with Gasteiger partial charge in [0.2, 0.25) is 0 Å². The van der Waals surface area contributed by atoms with E-state index in [1.165, 1.54) is 34.3 Å². The van der Waals surface area contributed by atoms with Crippen LogP contribution in [0, 0.1) is 18.6 Å². The highest BCUT2D eigenvalue weighted by atomic mass is 32.1. The Balaban J connectivity index is 1.58. The van der Waals surface area contributed by atoms with Crippen molar-refractivity contribution in [2.75, 3.05) is 5.32 Å². The number of carbonyl (C=O) groups excluding carboxylic acids is 1. The predicted molar refractivity (Wildman–Crippen MR) is 99.3 cm³/mol. The molecule has 0 unspecified atom stereocenters. The van der Waals surface area contributed by atoms with E-state index in [4.69, 9.17) is 0 Å². The summed E-state index contributed by atoms with van der Waals surface area (Å²) in [5.74, 6) is -1.05. The zero-order valence-corrected chi connectivity index (χ0v) is 15.2. The van der Waals surface area contributed by atoms with Crippen LogP contribution in [0.15, 0.2) is 47.8 Å². The van der Waals surface area contributed by atoms with Gasteiger partial charge in [-0.05, 0) is 47.7 Å². The maximum absolute atomic E-state index is 14.1. The molecular weight excluding hydrogens is 386 g/mol. The number of nitrogens with one attached hydrogen (secondary N) is 1. The molecule has 0 bridgehead atoms. The Morgan fingerprint density at radius 2 is 1.96 bits per heavy atom. The SMILES string of the molecule is Cc1nnnn1-c1cc(NC(=O)c2csc(-c3ccccc3F)n2)ccc1F. The molecule has 4 rings (SSSR count). The lowest BCUT2D eigenvalue weighted by atomic mass is 10.2. The Kier molecular flexibility index (Phi) is 4.62. The summed E-state index contributed by atoms with van der Waals surface area (Å²) >= 11 is 1.16. The fraction of sp³-hybridized carbons (Fsp3) is 0.0556. The molecule has 2 aromatic heterocycles. The zero-order chi connectivity index (χ0) is 19.7. The van der Waals surface area contributed by atoms with Crippen molar-refractivity contribution in [3.8, 4) is 16.3 Å². The number of benzene rings is 2. The van der Waals surface area contributed by atoms with Gasteiger partial charge in [0.15, 0.2) is 5.82 Å². The smallest absolute Gasteiger partial charge is 0.275 e. The van der Waals surface area contributed by atoms with Crippen LogP contribution in [0.4, 0.5) is 14.5 Å². The molecule has 28 heavy (non-hydrogen) atoms. The second kappa shape index (κ2) is 7.24. The molecule has 0 spiro atoms. The third kappa shape index (κ3) is 3.37. The Morgan fingerprint density at radius 3 is 2.71 bits per heavy atom. The molecule has 0 saturated carbocycles. The maximum atomic E-state index is 14.1. The van der Waals surface area contributed by atoms with Crippen LogP contribution < -0.4 is 5.32 Å². The maximum Gasteiger partial charge on any atom is 0.275 e. The van der Waals surface area contributed by atoms with Gasteiger partial charge < -0.3 is 5.32 Å². The van der Waals surface area contributed by atoms with Gasteiger partial charge in [0.1, 0.15) is 28.0 Å². The third-order valence-corrected chi connectivity index (χ3v) is 4.77. The largest absolute Gasteiger partial charge is 0.321 e. The lowest BCUT2D eigenvalue weighted by Gasteiger charge is -2.08. The van der Waals surface area contributed by atoms with Gasteiger partial charge in [0, 0.05) is 16.6 Å². The van der Waals surface area contributed by atoms with Crippen molar-refractivity contribution in [2.45, 2.75) is 6.92 Å². The summed E-state index contributed by atoms with van der Waals surface area (Å²) in [5.41, 5.74) is 0.903. The molecule has 10 heteroatoms. The number of nitrogens with zero attached hydrogens (tertiary/aromatic N) is 5. The molecule has 0 atom stereocenters. The van der Waals surface area contributed by atoms with Crippen LogP contribution in [-0.4, -0.2) is 31.1 Å². The molecule has 1 amide bonds. The standard InChI is InChI=1S/C18H12F2N6OS/c1-10-23-24-25-26(10)16-8-11(6-7-14(16)20)21-17(27)15-9-28-18(22-15)12-4-2-3-5-13(12)19/h2-9H,1H3,(H,21,27). The van der Waals surface area contributed by atoms with Crippen molar-refractivity contribution in [1.82, 2.24) is 25.2 Å². The van der Waals surface area contributed by atoms with Gasteiger partial charge in [0.05, 0.1) is 0 Å². The summed E-state index contributed by atoms with van der Waals surface area (Å²) in [7, 11) is 0. The van der Waals surface area contributed by atoms with Gasteiger partial charge in [-0.15, -0.1) is 16.4 Å². The van der Waals surface area contributed by atoms with Crippen LogP contribution in [0.1, 0.15) is 16.3 Å². The minimum atomic E-state index is -0.538. The fourth-order valence-electron chi connectivity index (χ4n) is 2.54. The van der Waals surface area contributed by atoms with Gasteiger partial charge in [-0.1, -0.05) is 12.1 Å². The Labute approximate surface area is 161 Å². The monoisotopic (exact) mass is 398 g/mol. The first-order valence-electron chi connectivity index (χ1n) is 8.09. The molecule has 0 saturated heterocycles. The summed E-state index contributed by atoms with van der Waals surface area (Å²) in [6, 6.07) is 10.2. The second-order valence-electron chi connectivity index (χ2n) is 5.78. The van der Waals surface area contributed by atoms with Crippen molar-refractivity contribution in [3.63, 3.8) is 0 Å². The summed E-state index contributed by atoms with van der Waals surface area (Å²) in [4.78, 5) is 16.7. The molecule has 2 aromatic carbocycles. The van der Waals surface area contributed by atoms with Crippen LogP contribution in [0.2, 0.25) is 0 Å². The molecule has 0 aliphatic rings. The first kappa shape index (κ1) is 17.9. The quantitative estimate of drug-likeness (QED) is 0.567. The number of hydrogen-bond donors (Lipinski definition) is 1. The number of hydrogen-bond acceptors (Lipinski definition) is 6. The van der Waals surface area contributed by atoms with Crippen molar-refractivity contribution in [2.24, 2.45) is 0 Å². The number of carbonyl (C=O) groups is 1. The van der Waals surface area contributed by atoms with Gasteiger partial charge >= 0.3 is 0 Å². The van der Waals surface area contributed by atoms with E-state index in [0.717, 1.165) is 11.3 Å². The van der Waals surface area contributed by atoms with Gasteiger partial charge in [-0.2, -0.15) is 4.68 Å². The highest BCUT2D eigenvalue weighted by molar-refractivity contribution is 7.13. The van der Waals surface area contributed by atoms with Crippen molar-refractivity contribution < 1.29 is 13.6 Å². The van der Waals surface area contributed by atoms with E-state index < -0.39 is 17.5 Å². The van der Waals surface area contributed by atoms with E-state index in [-0.39, 0.29) is 11.4 Å². The highest BCUT2D eigenvalue weighted by Gasteiger charge is 2.16. The average Bonchev–Trinajstić information content (AvgIpc) is 3.33. The first-order valence-corrected chi connectivity index (χ1v) is 8.97. The van der Waals surface area contributed by atoms with E-state index in [1.807, 2.05) is 0 Å². The molecule has 0 aliphatic carbocycles. The summed E-state index contributed by atoms with van der Waals surface area (Å²) in [6.07, 6.45) is 0. The minimum absolute atomic E-state index is 0.102. The van der Waals surface area contributed by atoms with Gasteiger partial charge in [0.25, 0.3) is 5.91 Å². The molecule has 0 radical (unpaired) electrons. The van der Waals surface area contributed by atoms with E-state index >= 15 is 0 Å². The summed E-state index contributed by atoms with van der Waals surface area (Å²) in [5, 5.41) is 15.5. The fourth-order valence-corrected chi connectivity index (χ4v) is 3.37. The van der Waals surface area contributed by atoms with Crippen molar-refractivity contribution >= 4 is 22.9 Å². The molecule has 140 valence electrons. The average molecular weight is 398 g/mol. The Hall–Kier alpha value is -3.53. The Morgan fingerprint density at radius 1 is 1.14 bits per heavy atom. The molecule has 1 N–H and O–H groups in total. The summed E-state index contributed by atoms with van der Waals surface area (Å²) in [6.45, 7) is 1.63. The molecule has 2 heterocycles. The molecule has 0 aliphatic heterocycles. The van der Waals surface area contributed by atoms with Crippen molar-refractivity contribution in [1.29, 1.82) is 0 Å². The normalized spacial score (nSPS) is 10.8. The number of halogens is 2. The molecule has 7 nitrogen and oxygen atoms in total. The van der Waals surface area contributed by atoms with Crippen LogP contribution in [0.5, 0.6) is 0 Å². The molecule has 4 aromatic rings. The van der Waals surface area contributed by atoms with E-state index in [1.54, 1.807) is 25.1 Å². The van der Waals surface area contributed by atoms with Crippen LogP contribution >= 0.6 is 11.3 Å². The topological polar surface area (TPSA) is 85.6 Å². The summed E-state index contributed by atoms with van der Waals surface area (Å²) < 4.78 is 29.2. The minimum Gasteiger partial charge on any atom is -0.321 e. The highest BCUT2D eigenvalue weighted by Crippen LogP contribution is 2.26. The number of aromatic nitrogens is 5. The van der Waals surface area contributed by atoms with Crippen molar-refractivity contribution in [3.05, 3.63) is 71.0 Å². The van der Waals surface area contributed by atoms with Gasteiger partial charge in [-0.3, -0.25) is 4.79 Å². The van der Waals surface area contributed by atoms with Crippen LogP contribution in [-0.2, 0) is 0 Å². The van der Waals surface area contributed by atoms with E-state index in [2.05, 4.69) is 25.8 Å². The number of tetrazole rings is 1. The zero-order valence-electron chi connectivity index (χ0n) is 14.4. The lowest BCUT2D eigenvalue weighted by molar-refractivity contribution is 0.102. The van der Waals surface area contributed by atoms with Gasteiger partial charge in [-0.25, -0.2) is 13.8 Å². The van der Waals surface area contributed by atoms with E-state index in [0.29, 0.717) is 22.1 Å². The molecule has 0 fully saturated rings. The number of aryl methyl sites for hydroxylation is 1. The van der Waals surface area contributed by atoms with Crippen LogP contribution in [0.25, 0.3) is 16.3 Å². The second-order valence-corrected chi connectivity index (χ2v) is 6.63. The van der Waals surface area contributed by atoms with Crippen LogP contribution in [0.3, 0.4) is 0 Å².